The zero-order valence-corrected chi connectivity index (χ0v) is 13.6. The fourth-order valence-electron chi connectivity index (χ4n) is 3.05. The third-order valence-electron chi connectivity index (χ3n) is 4.06. The van der Waals surface area contributed by atoms with Crippen molar-refractivity contribution in [1.82, 2.24) is 25.3 Å². The van der Waals surface area contributed by atoms with Crippen LogP contribution in [0.15, 0.2) is 12.3 Å². The van der Waals surface area contributed by atoms with Crippen LogP contribution in [0.2, 0.25) is 0 Å². The zero-order chi connectivity index (χ0) is 15.9. The molecule has 22 heavy (non-hydrogen) atoms. The predicted molar refractivity (Wildman–Crippen MR) is 83.7 cm³/mol. The smallest absolute Gasteiger partial charge is 0.272 e. The maximum Gasteiger partial charge on any atom is 0.272 e. The summed E-state index contributed by atoms with van der Waals surface area (Å²) in [7, 11) is 0. The molecule has 118 valence electrons. The van der Waals surface area contributed by atoms with Gasteiger partial charge in [0.2, 0.25) is 0 Å². The number of aryl methyl sites for hydroxylation is 1. The number of hydrogen-bond acceptors (Lipinski definition) is 3. The third kappa shape index (κ3) is 2.65. The molecular formula is C16H23N5O. The molecule has 2 aromatic rings. The van der Waals surface area contributed by atoms with Crippen molar-refractivity contribution in [3.05, 3.63) is 34.9 Å². The molecule has 1 atom stereocenters. The third-order valence-corrected chi connectivity index (χ3v) is 4.06. The molecule has 0 unspecified atom stereocenters. The first-order valence-corrected chi connectivity index (χ1v) is 7.76. The fraction of sp³-hybridized carbons (Fsp3) is 0.562. The van der Waals surface area contributed by atoms with Crippen LogP contribution in [0.4, 0.5) is 0 Å². The Morgan fingerprint density at radius 1 is 1.45 bits per heavy atom. The second-order valence-corrected chi connectivity index (χ2v) is 6.98. The monoisotopic (exact) mass is 301 g/mol. The largest absolute Gasteiger partial charge is 0.344 e. The SMILES string of the molecule is Cc1cc(C(=O)N[C@H]2CCCc3c2cnn3C(C)(C)C)n[nH]1. The van der Waals surface area contributed by atoms with E-state index in [-0.39, 0.29) is 17.5 Å². The lowest BCUT2D eigenvalue weighted by molar-refractivity contribution is 0.0927. The molecule has 0 aliphatic heterocycles. The van der Waals surface area contributed by atoms with Crippen LogP contribution < -0.4 is 5.32 Å². The fourth-order valence-corrected chi connectivity index (χ4v) is 3.05. The van der Waals surface area contributed by atoms with Crippen molar-refractivity contribution >= 4 is 5.91 Å². The van der Waals surface area contributed by atoms with Gasteiger partial charge in [0, 0.05) is 17.0 Å². The Balaban J connectivity index is 1.83. The molecule has 6 nitrogen and oxygen atoms in total. The van der Waals surface area contributed by atoms with Crippen LogP contribution in [0.3, 0.4) is 0 Å². The maximum atomic E-state index is 12.3. The van der Waals surface area contributed by atoms with Gasteiger partial charge in [0.05, 0.1) is 17.8 Å². The Hall–Kier alpha value is -2.11. The van der Waals surface area contributed by atoms with Gasteiger partial charge in [-0.3, -0.25) is 14.6 Å². The summed E-state index contributed by atoms with van der Waals surface area (Å²) in [6.45, 7) is 8.33. The van der Waals surface area contributed by atoms with Gasteiger partial charge in [0.15, 0.2) is 0 Å². The van der Waals surface area contributed by atoms with Crippen LogP contribution in [0.25, 0.3) is 0 Å². The quantitative estimate of drug-likeness (QED) is 0.894. The highest BCUT2D eigenvalue weighted by Gasteiger charge is 2.29. The van der Waals surface area contributed by atoms with E-state index in [0.717, 1.165) is 30.5 Å². The highest BCUT2D eigenvalue weighted by atomic mass is 16.2. The molecule has 2 N–H and O–H groups in total. The van der Waals surface area contributed by atoms with Crippen molar-refractivity contribution in [2.75, 3.05) is 0 Å². The predicted octanol–water partition coefficient (Wildman–Crippen LogP) is 2.48. The topological polar surface area (TPSA) is 75.6 Å². The van der Waals surface area contributed by atoms with Crippen LogP contribution in [0.1, 0.15) is 67.1 Å². The summed E-state index contributed by atoms with van der Waals surface area (Å²) < 4.78 is 2.08. The molecule has 1 aliphatic carbocycles. The van der Waals surface area contributed by atoms with Crippen molar-refractivity contribution in [2.45, 2.75) is 58.5 Å². The first kappa shape index (κ1) is 14.8. The van der Waals surface area contributed by atoms with Crippen molar-refractivity contribution in [3.63, 3.8) is 0 Å². The second-order valence-electron chi connectivity index (χ2n) is 6.98. The summed E-state index contributed by atoms with van der Waals surface area (Å²) in [4.78, 5) is 12.3. The number of carbonyl (C=O) groups is 1. The number of aromatic amines is 1. The first-order valence-electron chi connectivity index (χ1n) is 7.76. The summed E-state index contributed by atoms with van der Waals surface area (Å²) >= 11 is 0. The molecule has 1 amide bonds. The van der Waals surface area contributed by atoms with Crippen LogP contribution in [0, 0.1) is 6.92 Å². The highest BCUT2D eigenvalue weighted by Crippen LogP contribution is 2.32. The van der Waals surface area contributed by atoms with E-state index in [4.69, 9.17) is 0 Å². The number of nitrogens with zero attached hydrogens (tertiary/aromatic N) is 3. The van der Waals surface area contributed by atoms with E-state index in [0.29, 0.717) is 5.69 Å². The number of rotatable bonds is 2. The van der Waals surface area contributed by atoms with Crippen molar-refractivity contribution in [1.29, 1.82) is 0 Å². The summed E-state index contributed by atoms with van der Waals surface area (Å²) in [5.41, 5.74) is 3.66. The van der Waals surface area contributed by atoms with Crippen molar-refractivity contribution in [2.24, 2.45) is 0 Å². The van der Waals surface area contributed by atoms with E-state index >= 15 is 0 Å². The number of H-pyrrole nitrogens is 1. The van der Waals surface area contributed by atoms with Gasteiger partial charge in [-0.25, -0.2) is 0 Å². The maximum absolute atomic E-state index is 12.3. The molecule has 2 aromatic heterocycles. The molecule has 3 rings (SSSR count). The molecule has 0 radical (unpaired) electrons. The number of hydrogen-bond donors (Lipinski definition) is 2. The van der Waals surface area contributed by atoms with Crippen molar-refractivity contribution in [3.8, 4) is 0 Å². The van der Waals surface area contributed by atoms with Gasteiger partial charge >= 0.3 is 0 Å². The molecule has 2 heterocycles. The molecule has 0 aromatic carbocycles. The average molecular weight is 301 g/mol. The molecule has 0 bridgehead atoms. The lowest BCUT2D eigenvalue weighted by Gasteiger charge is -2.28. The van der Waals surface area contributed by atoms with Crippen LogP contribution in [0.5, 0.6) is 0 Å². The summed E-state index contributed by atoms with van der Waals surface area (Å²) in [6, 6.07) is 1.78. The Labute approximate surface area is 130 Å². The van der Waals surface area contributed by atoms with Gasteiger partial charge in [-0.2, -0.15) is 10.2 Å². The van der Waals surface area contributed by atoms with E-state index < -0.39 is 0 Å². The summed E-state index contributed by atoms with van der Waals surface area (Å²) in [6.07, 6.45) is 4.91. The van der Waals surface area contributed by atoms with E-state index in [1.54, 1.807) is 6.07 Å². The Morgan fingerprint density at radius 3 is 2.86 bits per heavy atom. The Kier molecular flexibility index (Phi) is 3.54. The normalized spacial score (nSPS) is 18.1. The molecule has 0 saturated heterocycles. The molecule has 6 heteroatoms. The highest BCUT2D eigenvalue weighted by molar-refractivity contribution is 5.92. The average Bonchev–Trinajstić information content (AvgIpc) is 3.04. The molecular weight excluding hydrogens is 278 g/mol. The van der Waals surface area contributed by atoms with Crippen LogP contribution in [-0.2, 0) is 12.0 Å². The Bertz CT molecular complexity index is 692. The molecule has 0 spiro atoms. The van der Waals surface area contributed by atoms with Crippen LogP contribution in [-0.4, -0.2) is 25.9 Å². The minimum atomic E-state index is -0.134. The molecule has 0 fully saturated rings. The second kappa shape index (κ2) is 5.26. The van der Waals surface area contributed by atoms with Gasteiger partial charge < -0.3 is 5.32 Å². The number of carbonyl (C=O) groups excluding carboxylic acids is 1. The van der Waals surface area contributed by atoms with Gasteiger partial charge in [0.1, 0.15) is 5.69 Å². The lowest BCUT2D eigenvalue weighted by Crippen LogP contribution is -2.32. The first-order chi connectivity index (χ1) is 10.4. The molecule has 1 aliphatic rings. The van der Waals surface area contributed by atoms with E-state index in [1.165, 1.54) is 5.69 Å². The van der Waals surface area contributed by atoms with E-state index in [2.05, 4.69) is 46.1 Å². The minimum Gasteiger partial charge on any atom is -0.344 e. The van der Waals surface area contributed by atoms with Gasteiger partial charge in [-0.1, -0.05) is 0 Å². The molecule has 0 saturated carbocycles. The minimum absolute atomic E-state index is 0.0179. The van der Waals surface area contributed by atoms with Crippen molar-refractivity contribution < 1.29 is 4.79 Å². The van der Waals surface area contributed by atoms with Gasteiger partial charge in [0.25, 0.3) is 5.91 Å². The number of fused-ring (bicyclic) bond motifs is 1. The van der Waals surface area contributed by atoms with E-state index in [1.807, 2.05) is 13.1 Å². The lowest BCUT2D eigenvalue weighted by atomic mass is 9.92. The zero-order valence-electron chi connectivity index (χ0n) is 13.6. The van der Waals surface area contributed by atoms with Gasteiger partial charge in [-0.05, 0) is 53.0 Å². The summed E-state index contributed by atoms with van der Waals surface area (Å²) in [5.74, 6) is -0.134. The number of nitrogens with one attached hydrogen (secondary N) is 2. The standard InChI is InChI=1S/C16H23N5O/c1-10-8-13(20-19-10)15(22)18-12-6-5-7-14-11(12)9-17-21(14)16(2,3)4/h8-9,12H,5-7H2,1-4H3,(H,18,22)(H,19,20)/t12-/m0/s1. The summed E-state index contributed by atoms with van der Waals surface area (Å²) in [5, 5.41) is 14.5. The Morgan fingerprint density at radius 2 is 2.23 bits per heavy atom. The number of amides is 1. The van der Waals surface area contributed by atoms with Gasteiger partial charge in [-0.15, -0.1) is 0 Å². The number of aromatic nitrogens is 4. The van der Waals surface area contributed by atoms with Crippen LogP contribution >= 0.6 is 0 Å². The van der Waals surface area contributed by atoms with E-state index in [9.17, 15) is 4.79 Å².